The van der Waals surface area contributed by atoms with Crippen molar-refractivity contribution in [3.05, 3.63) is 130 Å². The van der Waals surface area contributed by atoms with Crippen molar-refractivity contribution in [2.75, 3.05) is 17.3 Å². The quantitative estimate of drug-likeness (QED) is 0.375. The van der Waals surface area contributed by atoms with Crippen LogP contribution in [0.25, 0.3) is 11.1 Å². The molecular weight excluding hydrogens is 428 g/mol. The van der Waals surface area contributed by atoms with Gasteiger partial charge in [-0.1, -0.05) is 90.5 Å². The predicted octanol–water partition coefficient (Wildman–Crippen LogP) is 6.60. The van der Waals surface area contributed by atoms with Gasteiger partial charge in [0.25, 0.3) is 5.91 Å². The predicted molar refractivity (Wildman–Crippen MR) is 135 cm³/mol. The highest BCUT2D eigenvalue weighted by Gasteiger charge is 2.55. The number of hydrogen-bond acceptors (Lipinski definition) is 2. The summed E-state index contributed by atoms with van der Waals surface area (Å²) in [4.78, 5) is 16.1. The highest BCUT2D eigenvalue weighted by atomic mass is 35.5. The fourth-order valence-corrected chi connectivity index (χ4v) is 5.39. The molecule has 4 aromatic carbocycles. The van der Waals surface area contributed by atoms with Gasteiger partial charge in [-0.3, -0.25) is 4.79 Å². The number of fused-ring (bicyclic) bond motifs is 3. The van der Waals surface area contributed by atoms with Crippen molar-refractivity contribution in [1.29, 1.82) is 0 Å². The Balaban J connectivity index is 1.76. The fourth-order valence-electron chi connectivity index (χ4n) is 5.22. The number of carbonyl (C=O) groups excluding carboxylic acids is 1. The van der Waals surface area contributed by atoms with E-state index < -0.39 is 5.54 Å². The van der Waals surface area contributed by atoms with Gasteiger partial charge in [-0.2, -0.15) is 0 Å². The molecule has 0 aromatic heterocycles. The van der Waals surface area contributed by atoms with E-state index >= 15 is 0 Å². The Morgan fingerprint density at radius 2 is 1.42 bits per heavy atom. The molecule has 6 rings (SSSR count). The molecule has 0 saturated carbocycles. The minimum absolute atomic E-state index is 0.0189. The van der Waals surface area contributed by atoms with Gasteiger partial charge in [0.15, 0.2) is 5.54 Å². The molecule has 33 heavy (non-hydrogen) atoms. The molecule has 0 bridgehead atoms. The Kier molecular flexibility index (Phi) is 4.42. The van der Waals surface area contributed by atoms with E-state index in [1.165, 1.54) is 0 Å². The SMILES string of the molecule is CN1C(=O)[C@@]2(Nc3ccccc31)C(c1ccccc1)=C(c1ccccc1)c1cc(Cl)ccc12. The third-order valence-electron chi connectivity index (χ3n) is 6.62. The molecule has 1 heterocycles. The Morgan fingerprint density at radius 1 is 0.788 bits per heavy atom. The van der Waals surface area contributed by atoms with Gasteiger partial charge in [-0.05, 0) is 52.1 Å². The fraction of sp³-hybridized carbons (Fsp3) is 0.0690. The van der Waals surface area contributed by atoms with E-state index in [1.807, 2.05) is 85.9 Å². The van der Waals surface area contributed by atoms with Crippen LogP contribution in [-0.4, -0.2) is 13.0 Å². The summed E-state index contributed by atoms with van der Waals surface area (Å²) in [6, 6.07) is 34.2. The first kappa shape index (κ1) is 19.8. The topological polar surface area (TPSA) is 32.3 Å². The maximum Gasteiger partial charge on any atom is 0.261 e. The van der Waals surface area contributed by atoms with Crippen molar-refractivity contribution in [2.45, 2.75) is 5.54 Å². The zero-order valence-corrected chi connectivity index (χ0v) is 18.8. The van der Waals surface area contributed by atoms with Crippen LogP contribution >= 0.6 is 11.6 Å². The Hall–Kier alpha value is -3.82. The molecule has 160 valence electrons. The van der Waals surface area contributed by atoms with E-state index in [4.69, 9.17) is 11.6 Å². The van der Waals surface area contributed by atoms with Crippen molar-refractivity contribution in [3.8, 4) is 0 Å². The van der Waals surface area contributed by atoms with Crippen LogP contribution in [0, 0.1) is 0 Å². The standard InChI is InChI=1S/C29H21ClN2O/c1-32-25-15-9-8-14-24(25)31-29(28(32)33)23-17-16-21(30)18-22(23)26(19-10-4-2-5-11-19)27(29)20-12-6-3-7-13-20/h2-18,31H,1H3/t29-/m0/s1. The largest absolute Gasteiger partial charge is 0.362 e. The number of nitrogens with one attached hydrogen (secondary N) is 1. The normalized spacial score (nSPS) is 18.8. The molecule has 1 aliphatic heterocycles. The van der Waals surface area contributed by atoms with Gasteiger partial charge < -0.3 is 10.2 Å². The van der Waals surface area contributed by atoms with Gasteiger partial charge in [0.1, 0.15) is 0 Å². The summed E-state index contributed by atoms with van der Waals surface area (Å²) in [6.45, 7) is 0. The second-order valence-electron chi connectivity index (χ2n) is 8.43. The molecule has 4 aromatic rings. The van der Waals surface area contributed by atoms with Crippen LogP contribution in [0.2, 0.25) is 5.02 Å². The van der Waals surface area contributed by atoms with Crippen LogP contribution in [0.4, 0.5) is 11.4 Å². The lowest BCUT2D eigenvalue weighted by Crippen LogP contribution is -2.54. The summed E-state index contributed by atoms with van der Waals surface area (Å²) in [5.41, 5.74) is 6.61. The molecule has 1 amide bonds. The van der Waals surface area contributed by atoms with Crippen molar-refractivity contribution in [2.24, 2.45) is 0 Å². The Labute approximate surface area is 198 Å². The summed E-state index contributed by atoms with van der Waals surface area (Å²) < 4.78 is 0. The number of halogens is 1. The van der Waals surface area contributed by atoms with Crippen LogP contribution in [-0.2, 0) is 10.3 Å². The summed E-state index contributed by atoms with van der Waals surface area (Å²) in [6.07, 6.45) is 0. The summed E-state index contributed by atoms with van der Waals surface area (Å²) in [5.74, 6) is -0.0189. The second kappa shape index (κ2) is 7.36. The number of para-hydroxylation sites is 2. The zero-order valence-electron chi connectivity index (χ0n) is 18.0. The van der Waals surface area contributed by atoms with E-state index in [2.05, 4.69) is 29.6 Å². The third kappa shape index (κ3) is 2.79. The third-order valence-corrected chi connectivity index (χ3v) is 6.85. The number of nitrogens with zero attached hydrogens (tertiary/aromatic N) is 1. The number of benzene rings is 4. The van der Waals surface area contributed by atoms with Crippen molar-refractivity contribution < 1.29 is 4.79 Å². The Bertz CT molecular complexity index is 1430. The highest BCUT2D eigenvalue weighted by molar-refractivity contribution is 6.31. The molecular formula is C29H21ClN2O. The highest BCUT2D eigenvalue weighted by Crippen LogP contribution is 2.57. The number of carbonyl (C=O) groups is 1. The molecule has 0 fully saturated rings. The molecule has 1 spiro atoms. The number of hydrogen-bond donors (Lipinski definition) is 1. The molecule has 2 aliphatic rings. The maximum atomic E-state index is 14.3. The molecule has 1 atom stereocenters. The smallest absolute Gasteiger partial charge is 0.261 e. The molecule has 3 nitrogen and oxygen atoms in total. The monoisotopic (exact) mass is 448 g/mol. The summed E-state index contributed by atoms with van der Waals surface area (Å²) in [5, 5.41) is 4.33. The summed E-state index contributed by atoms with van der Waals surface area (Å²) in [7, 11) is 1.85. The minimum atomic E-state index is -1.07. The van der Waals surface area contributed by atoms with Crippen LogP contribution in [0.1, 0.15) is 22.3 Å². The Morgan fingerprint density at radius 3 is 2.15 bits per heavy atom. The maximum absolute atomic E-state index is 14.3. The first-order valence-corrected chi connectivity index (χ1v) is 11.3. The average molecular weight is 449 g/mol. The van der Waals surface area contributed by atoms with Crippen molar-refractivity contribution in [1.82, 2.24) is 0 Å². The van der Waals surface area contributed by atoms with Crippen molar-refractivity contribution >= 4 is 40.0 Å². The van der Waals surface area contributed by atoms with E-state index in [-0.39, 0.29) is 5.91 Å². The molecule has 1 aliphatic carbocycles. The van der Waals surface area contributed by atoms with Gasteiger partial charge in [-0.25, -0.2) is 0 Å². The molecule has 1 N–H and O–H groups in total. The van der Waals surface area contributed by atoms with E-state index in [0.29, 0.717) is 5.02 Å². The molecule has 0 saturated heterocycles. The van der Waals surface area contributed by atoms with Gasteiger partial charge in [0, 0.05) is 17.6 Å². The number of rotatable bonds is 2. The molecule has 4 heteroatoms. The van der Waals surface area contributed by atoms with Gasteiger partial charge >= 0.3 is 0 Å². The van der Waals surface area contributed by atoms with E-state index in [9.17, 15) is 4.79 Å². The summed E-state index contributed by atoms with van der Waals surface area (Å²) >= 11 is 6.50. The van der Waals surface area contributed by atoms with Crippen LogP contribution < -0.4 is 10.2 Å². The van der Waals surface area contributed by atoms with E-state index in [0.717, 1.165) is 44.8 Å². The molecule has 0 unspecified atom stereocenters. The van der Waals surface area contributed by atoms with Crippen LogP contribution in [0.5, 0.6) is 0 Å². The van der Waals surface area contributed by atoms with Gasteiger partial charge in [-0.15, -0.1) is 0 Å². The molecule has 0 radical (unpaired) electrons. The first-order chi connectivity index (χ1) is 16.1. The lowest BCUT2D eigenvalue weighted by molar-refractivity contribution is -0.121. The van der Waals surface area contributed by atoms with Gasteiger partial charge in [0.2, 0.25) is 0 Å². The van der Waals surface area contributed by atoms with Crippen LogP contribution in [0.15, 0.2) is 103 Å². The number of anilines is 2. The number of amides is 1. The number of likely N-dealkylation sites (N-methyl/N-ethyl adjacent to an activating group) is 1. The second-order valence-corrected chi connectivity index (χ2v) is 8.86. The zero-order chi connectivity index (χ0) is 22.6. The van der Waals surface area contributed by atoms with Crippen LogP contribution in [0.3, 0.4) is 0 Å². The lowest BCUT2D eigenvalue weighted by Gasteiger charge is -2.43. The first-order valence-electron chi connectivity index (χ1n) is 10.9. The van der Waals surface area contributed by atoms with Crippen molar-refractivity contribution in [3.63, 3.8) is 0 Å². The van der Waals surface area contributed by atoms with E-state index in [1.54, 1.807) is 4.90 Å². The van der Waals surface area contributed by atoms with Gasteiger partial charge in [0.05, 0.1) is 11.4 Å². The minimum Gasteiger partial charge on any atom is -0.362 e. The average Bonchev–Trinajstić information content (AvgIpc) is 3.13. The lowest BCUT2D eigenvalue weighted by atomic mass is 9.79.